The maximum Gasteiger partial charge on any atom is 0.231 e. The highest BCUT2D eigenvalue weighted by molar-refractivity contribution is 7.98. The summed E-state index contributed by atoms with van der Waals surface area (Å²) in [5.41, 5.74) is 3.85. The smallest absolute Gasteiger partial charge is 0.231 e. The van der Waals surface area contributed by atoms with Crippen LogP contribution >= 0.6 is 23.1 Å². The molecule has 4 rings (SSSR count). The lowest BCUT2D eigenvalue weighted by molar-refractivity contribution is -0.115. The third-order valence-corrected chi connectivity index (χ3v) is 6.73. The lowest BCUT2D eigenvalue weighted by Gasteiger charge is -2.05. The third-order valence-electron chi connectivity index (χ3n) is 4.78. The Labute approximate surface area is 194 Å². The van der Waals surface area contributed by atoms with Crippen LogP contribution in [-0.4, -0.2) is 32.8 Å². The first-order valence-electron chi connectivity index (χ1n) is 9.98. The van der Waals surface area contributed by atoms with Gasteiger partial charge in [0.2, 0.25) is 5.91 Å². The van der Waals surface area contributed by atoms with Crippen LogP contribution in [0.4, 0.5) is 5.69 Å². The van der Waals surface area contributed by atoms with E-state index in [1.165, 1.54) is 11.3 Å². The summed E-state index contributed by atoms with van der Waals surface area (Å²) in [5.74, 6) is 2.18. The van der Waals surface area contributed by atoms with E-state index in [0.717, 1.165) is 44.2 Å². The number of aromatic nitrogens is 4. The van der Waals surface area contributed by atoms with E-state index in [9.17, 15) is 4.79 Å². The number of ether oxygens (including phenoxy) is 1. The number of anilines is 1. The van der Waals surface area contributed by atoms with Crippen LogP contribution in [0, 0.1) is 6.92 Å². The zero-order chi connectivity index (χ0) is 22.5. The molecule has 1 amide bonds. The standard InChI is InChI=1S/C23H23N5O2S2/c1-15-4-8-17(9-5-15)24-20(29)12-21-25-18(13-31-21)14-32-23-27-26-22(28(23)2)16-6-10-19(30-3)11-7-16/h4-11,13H,12,14H2,1-3H3,(H,24,29). The number of carbonyl (C=O) groups excluding carboxylic acids is 1. The van der Waals surface area contributed by atoms with Gasteiger partial charge in [-0.25, -0.2) is 4.98 Å². The number of hydrogen-bond acceptors (Lipinski definition) is 7. The molecule has 0 atom stereocenters. The van der Waals surface area contributed by atoms with Gasteiger partial charge in [-0.2, -0.15) is 0 Å². The Morgan fingerprint density at radius 1 is 1.12 bits per heavy atom. The molecule has 0 unspecified atom stereocenters. The summed E-state index contributed by atoms with van der Waals surface area (Å²) in [6, 6.07) is 15.5. The van der Waals surface area contributed by atoms with Crippen molar-refractivity contribution in [3.05, 3.63) is 70.2 Å². The molecular formula is C23H23N5O2S2. The average Bonchev–Trinajstić information content (AvgIpc) is 3.40. The van der Waals surface area contributed by atoms with E-state index in [0.29, 0.717) is 5.75 Å². The van der Waals surface area contributed by atoms with E-state index >= 15 is 0 Å². The molecule has 0 saturated carbocycles. The second-order valence-electron chi connectivity index (χ2n) is 7.21. The van der Waals surface area contributed by atoms with Gasteiger partial charge >= 0.3 is 0 Å². The molecule has 32 heavy (non-hydrogen) atoms. The minimum Gasteiger partial charge on any atom is -0.497 e. The van der Waals surface area contributed by atoms with E-state index in [2.05, 4.69) is 20.5 Å². The maximum atomic E-state index is 12.3. The summed E-state index contributed by atoms with van der Waals surface area (Å²) in [5, 5.41) is 15.1. The third kappa shape index (κ3) is 5.35. The number of thiazole rings is 1. The van der Waals surface area contributed by atoms with Gasteiger partial charge in [-0.15, -0.1) is 21.5 Å². The van der Waals surface area contributed by atoms with Gasteiger partial charge in [0.05, 0.1) is 19.2 Å². The number of thioether (sulfide) groups is 1. The number of aryl methyl sites for hydroxylation is 1. The first kappa shape index (κ1) is 22.0. The Morgan fingerprint density at radius 3 is 2.59 bits per heavy atom. The second kappa shape index (κ2) is 9.97. The molecule has 0 bridgehead atoms. The number of methoxy groups -OCH3 is 1. The van der Waals surface area contributed by atoms with Gasteiger partial charge in [-0.05, 0) is 43.3 Å². The Kier molecular flexibility index (Phi) is 6.87. The van der Waals surface area contributed by atoms with Crippen LogP contribution < -0.4 is 10.1 Å². The van der Waals surface area contributed by atoms with Crippen LogP contribution in [0.1, 0.15) is 16.3 Å². The number of carbonyl (C=O) groups is 1. The van der Waals surface area contributed by atoms with E-state index in [1.807, 2.05) is 72.4 Å². The van der Waals surface area contributed by atoms with Crippen LogP contribution in [0.2, 0.25) is 0 Å². The number of amides is 1. The van der Waals surface area contributed by atoms with Gasteiger partial charge in [-0.3, -0.25) is 4.79 Å². The number of nitrogens with one attached hydrogen (secondary N) is 1. The highest BCUT2D eigenvalue weighted by Gasteiger charge is 2.13. The molecule has 2 heterocycles. The largest absolute Gasteiger partial charge is 0.497 e. The molecule has 0 aliphatic heterocycles. The van der Waals surface area contributed by atoms with Crippen molar-refractivity contribution in [2.75, 3.05) is 12.4 Å². The second-order valence-corrected chi connectivity index (χ2v) is 9.09. The number of benzene rings is 2. The molecule has 4 aromatic rings. The Balaban J connectivity index is 1.33. The average molecular weight is 466 g/mol. The first-order valence-corrected chi connectivity index (χ1v) is 11.8. The van der Waals surface area contributed by atoms with E-state index in [4.69, 9.17) is 4.74 Å². The van der Waals surface area contributed by atoms with E-state index in [-0.39, 0.29) is 12.3 Å². The molecular weight excluding hydrogens is 442 g/mol. The van der Waals surface area contributed by atoms with Crippen LogP contribution in [0.3, 0.4) is 0 Å². The molecule has 0 aliphatic carbocycles. The fraction of sp³-hybridized carbons (Fsp3) is 0.217. The van der Waals surface area contributed by atoms with Crippen LogP contribution in [0.5, 0.6) is 5.75 Å². The van der Waals surface area contributed by atoms with Gasteiger partial charge in [0.1, 0.15) is 10.8 Å². The lowest BCUT2D eigenvalue weighted by atomic mass is 10.2. The summed E-state index contributed by atoms with van der Waals surface area (Å²) in [7, 11) is 3.59. The fourth-order valence-electron chi connectivity index (χ4n) is 3.05. The zero-order valence-corrected chi connectivity index (χ0v) is 19.7. The van der Waals surface area contributed by atoms with Crippen LogP contribution in [0.15, 0.2) is 59.1 Å². The van der Waals surface area contributed by atoms with Gasteiger partial charge in [-0.1, -0.05) is 29.5 Å². The monoisotopic (exact) mass is 465 g/mol. The molecule has 0 radical (unpaired) electrons. The minimum absolute atomic E-state index is 0.0696. The van der Waals surface area contributed by atoms with Crippen molar-refractivity contribution in [1.82, 2.24) is 19.7 Å². The SMILES string of the molecule is COc1ccc(-c2nnc(SCc3csc(CC(=O)Nc4ccc(C)cc4)n3)n2C)cc1. The van der Waals surface area contributed by atoms with Gasteiger partial charge in [0, 0.05) is 29.4 Å². The highest BCUT2D eigenvalue weighted by atomic mass is 32.2. The number of hydrogen-bond donors (Lipinski definition) is 1. The number of rotatable bonds is 8. The highest BCUT2D eigenvalue weighted by Crippen LogP contribution is 2.27. The van der Waals surface area contributed by atoms with Crippen molar-refractivity contribution in [1.29, 1.82) is 0 Å². The van der Waals surface area contributed by atoms with E-state index < -0.39 is 0 Å². The quantitative estimate of drug-likeness (QED) is 0.379. The van der Waals surface area contributed by atoms with E-state index in [1.54, 1.807) is 18.9 Å². The summed E-state index contributed by atoms with van der Waals surface area (Å²) in [6.45, 7) is 2.02. The molecule has 0 spiro atoms. The Hall–Kier alpha value is -3.17. The fourth-order valence-corrected chi connectivity index (χ4v) is 4.75. The summed E-state index contributed by atoms with van der Waals surface area (Å²) < 4.78 is 7.18. The molecule has 7 nitrogen and oxygen atoms in total. The predicted octanol–water partition coefficient (Wildman–Crippen LogP) is 4.73. The molecule has 164 valence electrons. The van der Waals surface area contributed by atoms with Crippen molar-refractivity contribution >= 4 is 34.7 Å². The lowest BCUT2D eigenvalue weighted by Crippen LogP contribution is -2.14. The van der Waals surface area contributed by atoms with Crippen LogP contribution in [0.25, 0.3) is 11.4 Å². The Bertz CT molecular complexity index is 1200. The molecule has 0 aliphatic rings. The zero-order valence-electron chi connectivity index (χ0n) is 18.0. The molecule has 1 N–H and O–H groups in total. The van der Waals surface area contributed by atoms with Gasteiger partial charge in [0.15, 0.2) is 11.0 Å². The molecule has 2 aromatic heterocycles. The Morgan fingerprint density at radius 2 is 1.88 bits per heavy atom. The summed E-state index contributed by atoms with van der Waals surface area (Å²) in [4.78, 5) is 16.9. The van der Waals surface area contributed by atoms with Gasteiger partial charge < -0.3 is 14.6 Å². The molecule has 0 fully saturated rings. The van der Waals surface area contributed by atoms with Crippen molar-refractivity contribution in [2.45, 2.75) is 24.3 Å². The minimum atomic E-state index is -0.0696. The number of nitrogens with zero attached hydrogens (tertiary/aromatic N) is 4. The summed E-state index contributed by atoms with van der Waals surface area (Å²) in [6.07, 6.45) is 0.259. The molecule has 9 heteroatoms. The topological polar surface area (TPSA) is 81.9 Å². The first-order chi connectivity index (χ1) is 15.5. The van der Waals surface area contributed by atoms with Crippen molar-refractivity contribution in [3.63, 3.8) is 0 Å². The normalized spacial score (nSPS) is 10.8. The predicted molar refractivity (Wildman–Crippen MR) is 128 cm³/mol. The van der Waals surface area contributed by atoms with Crippen LogP contribution in [-0.2, 0) is 24.0 Å². The van der Waals surface area contributed by atoms with Gasteiger partial charge in [0.25, 0.3) is 0 Å². The van der Waals surface area contributed by atoms with Crippen molar-refractivity contribution in [2.24, 2.45) is 7.05 Å². The van der Waals surface area contributed by atoms with Crippen molar-refractivity contribution < 1.29 is 9.53 Å². The molecule has 2 aromatic carbocycles. The summed E-state index contributed by atoms with van der Waals surface area (Å²) >= 11 is 3.06. The van der Waals surface area contributed by atoms with Crippen molar-refractivity contribution in [3.8, 4) is 17.1 Å². The maximum absolute atomic E-state index is 12.3. The molecule has 0 saturated heterocycles.